The molecule has 0 fully saturated rings. The molecule has 0 saturated carbocycles. The number of carboxylic acids is 1. The van der Waals surface area contributed by atoms with E-state index in [0.717, 1.165) is 13.0 Å². The molecule has 2 N–H and O–H groups in total. The Morgan fingerprint density at radius 2 is 2.50 bits per heavy atom. The lowest BCUT2D eigenvalue weighted by Gasteiger charge is -2.01. The van der Waals surface area contributed by atoms with Gasteiger partial charge in [0.25, 0.3) is 0 Å². The molecule has 0 aromatic heterocycles. The van der Waals surface area contributed by atoms with Crippen LogP contribution in [0.2, 0.25) is 0 Å². The van der Waals surface area contributed by atoms with Crippen LogP contribution in [0.3, 0.4) is 0 Å². The fourth-order valence-electron chi connectivity index (χ4n) is 1.41. The molecule has 0 amide bonds. The molecule has 1 rings (SSSR count). The molecule has 0 bridgehead atoms. The Bertz CT molecular complexity index is 187. The van der Waals surface area contributed by atoms with Gasteiger partial charge in [-0.15, -0.1) is 0 Å². The molecular weight excluding hydrogens is 154 g/mol. The normalized spacial score (nSPS) is 16.2. The first-order chi connectivity index (χ1) is 5.79. The van der Waals surface area contributed by atoms with E-state index < -0.39 is 5.97 Å². The highest BCUT2D eigenvalue weighted by Gasteiger charge is 2.03. The summed E-state index contributed by atoms with van der Waals surface area (Å²) >= 11 is 0. The van der Waals surface area contributed by atoms with Crippen LogP contribution < -0.4 is 5.32 Å². The third-order valence-corrected chi connectivity index (χ3v) is 2.03. The van der Waals surface area contributed by atoms with Gasteiger partial charge in [-0.05, 0) is 32.2 Å². The molecule has 12 heavy (non-hydrogen) atoms. The molecule has 0 heterocycles. The van der Waals surface area contributed by atoms with Gasteiger partial charge in [-0.2, -0.15) is 0 Å². The third kappa shape index (κ3) is 3.53. The smallest absolute Gasteiger partial charge is 0.317 e. The standard InChI is InChI=1S/C9H15NO2/c11-9(12)7-10-6-5-8-3-1-2-4-8/h3,10H,1-2,4-7H2,(H,11,12). The van der Waals surface area contributed by atoms with E-state index in [-0.39, 0.29) is 6.54 Å². The van der Waals surface area contributed by atoms with Crippen LogP contribution in [0.1, 0.15) is 25.7 Å². The molecule has 3 nitrogen and oxygen atoms in total. The van der Waals surface area contributed by atoms with Gasteiger partial charge >= 0.3 is 5.97 Å². The Hall–Kier alpha value is -0.830. The summed E-state index contributed by atoms with van der Waals surface area (Å²) < 4.78 is 0. The first-order valence-electron chi connectivity index (χ1n) is 4.39. The van der Waals surface area contributed by atoms with E-state index in [1.54, 1.807) is 0 Å². The average Bonchev–Trinajstić information content (AvgIpc) is 2.49. The number of allylic oxidation sites excluding steroid dienone is 1. The summed E-state index contributed by atoms with van der Waals surface area (Å²) in [5.41, 5.74) is 1.48. The van der Waals surface area contributed by atoms with Crippen LogP contribution in [-0.4, -0.2) is 24.2 Å². The molecule has 0 aromatic carbocycles. The Morgan fingerprint density at radius 3 is 3.08 bits per heavy atom. The molecule has 3 heteroatoms. The van der Waals surface area contributed by atoms with E-state index in [1.807, 2.05) is 0 Å². The first kappa shape index (κ1) is 9.26. The molecule has 0 atom stereocenters. The minimum Gasteiger partial charge on any atom is -0.480 e. The first-order valence-corrected chi connectivity index (χ1v) is 4.39. The second-order valence-electron chi connectivity index (χ2n) is 3.08. The molecule has 0 unspecified atom stereocenters. The lowest BCUT2D eigenvalue weighted by molar-refractivity contribution is -0.135. The van der Waals surface area contributed by atoms with Gasteiger partial charge in [-0.3, -0.25) is 4.79 Å². The summed E-state index contributed by atoms with van der Waals surface area (Å²) in [5.74, 6) is -0.782. The van der Waals surface area contributed by atoms with E-state index in [9.17, 15) is 4.79 Å². The monoisotopic (exact) mass is 169 g/mol. The zero-order chi connectivity index (χ0) is 8.81. The Kier molecular flexibility index (Phi) is 3.80. The molecule has 0 spiro atoms. The van der Waals surface area contributed by atoms with E-state index in [0.29, 0.717) is 0 Å². The van der Waals surface area contributed by atoms with Crippen molar-refractivity contribution in [1.29, 1.82) is 0 Å². The van der Waals surface area contributed by atoms with Crippen molar-refractivity contribution in [1.82, 2.24) is 5.32 Å². The molecular formula is C9H15NO2. The average molecular weight is 169 g/mol. The Balaban J connectivity index is 1.98. The van der Waals surface area contributed by atoms with Crippen molar-refractivity contribution in [2.75, 3.05) is 13.1 Å². The van der Waals surface area contributed by atoms with Crippen LogP contribution in [-0.2, 0) is 4.79 Å². The molecule has 0 aliphatic heterocycles. The summed E-state index contributed by atoms with van der Waals surface area (Å²) in [6.07, 6.45) is 6.95. The van der Waals surface area contributed by atoms with Crippen molar-refractivity contribution in [3.8, 4) is 0 Å². The molecule has 1 aliphatic rings. The van der Waals surface area contributed by atoms with Crippen LogP contribution >= 0.6 is 0 Å². The molecule has 0 aromatic rings. The van der Waals surface area contributed by atoms with Gasteiger partial charge in [0.1, 0.15) is 0 Å². The van der Waals surface area contributed by atoms with Crippen molar-refractivity contribution in [3.63, 3.8) is 0 Å². The maximum atomic E-state index is 10.1. The number of rotatable bonds is 5. The fraction of sp³-hybridized carbons (Fsp3) is 0.667. The molecule has 0 radical (unpaired) electrons. The van der Waals surface area contributed by atoms with Gasteiger partial charge in [-0.1, -0.05) is 11.6 Å². The van der Waals surface area contributed by atoms with Crippen molar-refractivity contribution in [2.45, 2.75) is 25.7 Å². The van der Waals surface area contributed by atoms with Gasteiger partial charge in [0.05, 0.1) is 6.54 Å². The zero-order valence-electron chi connectivity index (χ0n) is 7.18. The minimum atomic E-state index is -0.782. The maximum absolute atomic E-state index is 10.1. The second kappa shape index (κ2) is 4.93. The van der Waals surface area contributed by atoms with Crippen LogP contribution in [0.25, 0.3) is 0 Å². The van der Waals surface area contributed by atoms with Crippen LogP contribution in [0.15, 0.2) is 11.6 Å². The molecule has 0 saturated heterocycles. The fourth-order valence-corrected chi connectivity index (χ4v) is 1.41. The predicted molar refractivity (Wildman–Crippen MR) is 47.1 cm³/mol. The highest BCUT2D eigenvalue weighted by atomic mass is 16.4. The van der Waals surface area contributed by atoms with Gasteiger partial charge < -0.3 is 10.4 Å². The minimum absolute atomic E-state index is 0.0767. The van der Waals surface area contributed by atoms with E-state index in [1.165, 1.54) is 24.8 Å². The van der Waals surface area contributed by atoms with Crippen molar-refractivity contribution in [3.05, 3.63) is 11.6 Å². The zero-order valence-corrected chi connectivity index (χ0v) is 7.18. The van der Waals surface area contributed by atoms with Crippen LogP contribution in [0, 0.1) is 0 Å². The van der Waals surface area contributed by atoms with Gasteiger partial charge in [-0.25, -0.2) is 0 Å². The highest BCUT2D eigenvalue weighted by molar-refractivity contribution is 5.68. The lowest BCUT2D eigenvalue weighted by Crippen LogP contribution is -2.23. The number of aliphatic carboxylic acids is 1. The number of hydrogen-bond donors (Lipinski definition) is 2. The quantitative estimate of drug-likeness (QED) is 0.479. The lowest BCUT2D eigenvalue weighted by atomic mass is 10.2. The topological polar surface area (TPSA) is 49.3 Å². The number of hydrogen-bond acceptors (Lipinski definition) is 2. The van der Waals surface area contributed by atoms with Crippen molar-refractivity contribution in [2.24, 2.45) is 0 Å². The SMILES string of the molecule is O=C(O)CNCCC1=CCCC1. The third-order valence-electron chi connectivity index (χ3n) is 2.03. The second-order valence-corrected chi connectivity index (χ2v) is 3.08. The summed E-state index contributed by atoms with van der Waals surface area (Å²) in [6.45, 7) is 0.866. The van der Waals surface area contributed by atoms with E-state index in [4.69, 9.17) is 5.11 Å². The Labute approximate surface area is 72.5 Å². The van der Waals surface area contributed by atoms with Crippen LogP contribution in [0.5, 0.6) is 0 Å². The van der Waals surface area contributed by atoms with E-state index in [2.05, 4.69) is 11.4 Å². The summed E-state index contributed by atoms with van der Waals surface area (Å²) in [6, 6.07) is 0. The van der Waals surface area contributed by atoms with Crippen molar-refractivity contribution >= 4 is 5.97 Å². The number of nitrogens with one attached hydrogen (secondary N) is 1. The predicted octanol–water partition coefficient (Wildman–Crippen LogP) is 1.16. The number of carbonyl (C=O) groups is 1. The highest BCUT2D eigenvalue weighted by Crippen LogP contribution is 2.19. The van der Waals surface area contributed by atoms with Gasteiger partial charge in [0.2, 0.25) is 0 Å². The molecule has 1 aliphatic carbocycles. The maximum Gasteiger partial charge on any atom is 0.317 e. The van der Waals surface area contributed by atoms with Crippen molar-refractivity contribution < 1.29 is 9.90 Å². The largest absolute Gasteiger partial charge is 0.480 e. The Morgan fingerprint density at radius 1 is 1.67 bits per heavy atom. The summed E-state index contributed by atoms with van der Waals surface area (Å²) in [5, 5.41) is 11.2. The molecule has 68 valence electrons. The summed E-state index contributed by atoms with van der Waals surface area (Å²) in [4.78, 5) is 10.1. The van der Waals surface area contributed by atoms with E-state index >= 15 is 0 Å². The summed E-state index contributed by atoms with van der Waals surface area (Å²) in [7, 11) is 0. The van der Waals surface area contributed by atoms with Crippen LogP contribution in [0.4, 0.5) is 0 Å². The number of carboxylic acid groups (broad SMARTS) is 1. The van der Waals surface area contributed by atoms with Gasteiger partial charge in [0.15, 0.2) is 0 Å². The van der Waals surface area contributed by atoms with Gasteiger partial charge in [0, 0.05) is 0 Å².